The lowest BCUT2D eigenvalue weighted by Crippen LogP contribution is -2.50. The summed E-state index contributed by atoms with van der Waals surface area (Å²) in [7, 11) is 0. The molecular weight excluding hydrogens is 470 g/mol. The number of furan rings is 1. The third kappa shape index (κ3) is 5.23. The summed E-state index contributed by atoms with van der Waals surface area (Å²) in [5.74, 6) is 2.46. The first-order valence-corrected chi connectivity index (χ1v) is 12.5. The van der Waals surface area contributed by atoms with E-state index < -0.39 is 0 Å². The Bertz CT molecular complexity index is 1340. The van der Waals surface area contributed by atoms with E-state index in [-0.39, 0.29) is 19.2 Å². The smallest absolute Gasteiger partial charge is 0.236 e. The van der Waals surface area contributed by atoms with Gasteiger partial charge in [-0.1, -0.05) is 24.3 Å². The van der Waals surface area contributed by atoms with E-state index in [9.17, 15) is 4.79 Å². The Hall–Kier alpha value is -4.08. The molecule has 0 radical (unpaired) electrons. The van der Waals surface area contributed by atoms with Crippen LogP contribution in [0.15, 0.2) is 77.5 Å². The maximum Gasteiger partial charge on any atom is 0.236 e. The molecular formula is C28H29N5O4. The number of nitrogens with zero attached hydrogens (tertiary/aromatic N) is 4. The average Bonchev–Trinajstić information content (AvgIpc) is 3.70. The van der Waals surface area contributed by atoms with Crippen molar-refractivity contribution in [1.29, 1.82) is 0 Å². The molecule has 9 nitrogen and oxygen atoms in total. The summed E-state index contributed by atoms with van der Waals surface area (Å²) in [6.45, 7) is 4.94. The average molecular weight is 500 g/mol. The van der Waals surface area contributed by atoms with E-state index in [2.05, 4.69) is 16.3 Å². The van der Waals surface area contributed by atoms with Gasteiger partial charge in [0.2, 0.25) is 12.7 Å². The minimum absolute atomic E-state index is 0.102. The Morgan fingerprint density at radius 3 is 2.59 bits per heavy atom. The van der Waals surface area contributed by atoms with E-state index in [0.717, 1.165) is 53.8 Å². The second-order valence-corrected chi connectivity index (χ2v) is 9.19. The Balaban J connectivity index is 1.02. The molecule has 2 aromatic heterocycles. The number of fused-ring (bicyclic) bond motifs is 1. The Kier molecular flexibility index (Phi) is 6.62. The van der Waals surface area contributed by atoms with Crippen molar-refractivity contribution in [2.75, 3.05) is 39.5 Å². The summed E-state index contributed by atoms with van der Waals surface area (Å²) in [5.41, 5.74) is 3.90. The lowest BCUT2D eigenvalue weighted by atomic mass is 10.1. The Morgan fingerprint density at radius 1 is 0.946 bits per heavy atom. The SMILES string of the molecule is O=C(CNCc1nn(-c2ccccc2)cc1-c1ccco1)N1CCN(Cc2ccc3c(c2)OCO3)CC1. The zero-order chi connectivity index (χ0) is 25.0. The lowest BCUT2D eigenvalue weighted by molar-refractivity contribution is -0.132. The van der Waals surface area contributed by atoms with Crippen LogP contribution in [0.2, 0.25) is 0 Å². The number of nitrogens with one attached hydrogen (secondary N) is 1. The molecule has 2 aliphatic heterocycles. The van der Waals surface area contributed by atoms with Crippen LogP contribution in [-0.2, 0) is 17.9 Å². The molecule has 2 aliphatic rings. The van der Waals surface area contributed by atoms with Crippen molar-refractivity contribution in [2.24, 2.45) is 0 Å². The van der Waals surface area contributed by atoms with Crippen LogP contribution in [0.3, 0.4) is 0 Å². The number of carbonyl (C=O) groups is 1. The number of amides is 1. The van der Waals surface area contributed by atoms with Gasteiger partial charge in [-0.05, 0) is 42.0 Å². The molecule has 0 aliphatic carbocycles. The van der Waals surface area contributed by atoms with Gasteiger partial charge in [0, 0.05) is 45.5 Å². The molecule has 4 heterocycles. The number of hydrogen-bond donors (Lipinski definition) is 1. The van der Waals surface area contributed by atoms with Gasteiger partial charge >= 0.3 is 0 Å². The lowest BCUT2D eigenvalue weighted by Gasteiger charge is -2.34. The van der Waals surface area contributed by atoms with E-state index in [1.165, 1.54) is 5.56 Å². The first kappa shape index (κ1) is 23.3. The second kappa shape index (κ2) is 10.5. The van der Waals surface area contributed by atoms with Crippen LogP contribution in [0.25, 0.3) is 17.0 Å². The summed E-state index contributed by atoms with van der Waals surface area (Å²) < 4.78 is 18.4. The van der Waals surface area contributed by atoms with Gasteiger partial charge in [0.05, 0.1) is 29.8 Å². The van der Waals surface area contributed by atoms with Crippen LogP contribution in [0, 0.1) is 0 Å². The van der Waals surface area contributed by atoms with Gasteiger partial charge < -0.3 is 24.1 Å². The third-order valence-electron chi connectivity index (χ3n) is 6.73. The summed E-state index contributed by atoms with van der Waals surface area (Å²) in [5, 5.41) is 8.06. The molecule has 1 amide bonds. The minimum atomic E-state index is 0.102. The molecule has 190 valence electrons. The fourth-order valence-corrected chi connectivity index (χ4v) is 4.74. The quantitative estimate of drug-likeness (QED) is 0.398. The van der Waals surface area contributed by atoms with Crippen LogP contribution in [0.1, 0.15) is 11.3 Å². The summed E-state index contributed by atoms with van der Waals surface area (Å²) in [6.07, 6.45) is 3.62. The molecule has 0 atom stereocenters. The van der Waals surface area contributed by atoms with Gasteiger partial charge in [-0.2, -0.15) is 5.10 Å². The highest BCUT2D eigenvalue weighted by Crippen LogP contribution is 2.33. The van der Waals surface area contributed by atoms with Crippen LogP contribution >= 0.6 is 0 Å². The van der Waals surface area contributed by atoms with E-state index in [1.54, 1.807) is 6.26 Å². The van der Waals surface area contributed by atoms with E-state index >= 15 is 0 Å². The first-order chi connectivity index (χ1) is 18.2. The molecule has 4 aromatic rings. The number of rotatable bonds is 8. The number of benzene rings is 2. The monoisotopic (exact) mass is 499 g/mol. The van der Waals surface area contributed by atoms with Crippen LogP contribution in [0.5, 0.6) is 11.5 Å². The molecule has 9 heteroatoms. The highest BCUT2D eigenvalue weighted by Gasteiger charge is 2.22. The number of aromatic nitrogens is 2. The molecule has 1 N–H and O–H groups in total. The van der Waals surface area contributed by atoms with Crippen molar-refractivity contribution in [1.82, 2.24) is 24.9 Å². The van der Waals surface area contributed by atoms with Gasteiger partial charge in [-0.3, -0.25) is 9.69 Å². The molecule has 6 rings (SSSR count). The topological polar surface area (TPSA) is 85.0 Å². The first-order valence-electron chi connectivity index (χ1n) is 12.5. The Morgan fingerprint density at radius 2 is 1.78 bits per heavy atom. The molecule has 1 fully saturated rings. The zero-order valence-electron chi connectivity index (χ0n) is 20.5. The van der Waals surface area contributed by atoms with E-state index in [1.807, 2.05) is 70.4 Å². The number of hydrogen-bond acceptors (Lipinski definition) is 7. The number of para-hydroxylation sites is 1. The standard InChI is InChI=1S/C28H29N5O4/c34-28(32-12-10-31(11-13-32)18-21-8-9-26-27(15-21)37-20-36-26)17-29-16-24-23(25-7-4-14-35-25)19-33(30-24)22-5-2-1-3-6-22/h1-9,14-15,19,29H,10-13,16-18,20H2. The van der Waals surface area contributed by atoms with Crippen LogP contribution in [0.4, 0.5) is 0 Å². The van der Waals surface area contributed by atoms with Crippen LogP contribution in [-0.4, -0.2) is 65.0 Å². The molecule has 37 heavy (non-hydrogen) atoms. The maximum absolute atomic E-state index is 12.9. The predicted molar refractivity (Wildman–Crippen MR) is 137 cm³/mol. The molecule has 1 saturated heterocycles. The van der Waals surface area contributed by atoms with E-state index in [4.69, 9.17) is 19.0 Å². The maximum atomic E-state index is 12.9. The second-order valence-electron chi connectivity index (χ2n) is 9.19. The fraction of sp³-hybridized carbons (Fsp3) is 0.286. The predicted octanol–water partition coefficient (Wildman–Crippen LogP) is 3.30. The van der Waals surface area contributed by atoms with Gasteiger partial charge in [0.15, 0.2) is 11.5 Å². The van der Waals surface area contributed by atoms with Crippen LogP contribution < -0.4 is 14.8 Å². The van der Waals surface area contributed by atoms with Crippen molar-refractivity contribution in [3.05, 3.63) is 84.4 Å². The van der Waals surface area contributed by atoms with Gasteiger partial charge in [-0.25, -0.2) is 4.68 Å². The molecule has 0 spiro atoms. The van der Waals surface area contributed by atoms with Gasteiger partial charge in [-0.15, -0.1) is 0 Å². The molecule has 0 unspecified atom stereocenters. The van der Waals surface area contributed by atoms with Gasteiger partial charge in [0.25, 0.3) is 0 Å². The normalized spacial score (nSPS) is 15.3. The molecule has 0 bridgehead atoms. The fourth-order valence-electron chi connectivity index (χ4n) is 4.74. The summed E-state index contributed by atoms with van der Waals surface area (Å²) in [4.78, 5) is 17.2. The van der Waals surface area contributed by atoms with Crippen molar-refractivity contribution in [3.63, 3.8) is 0 Å². The zero-order valence-corrected chi connectivity index (χ0v) is 20.5. The Labute approximate surface area is 215 Å². The number of piperazine rings is 1. The van der Waals surface area contributed by atoms with Gasteiger partial charge in [0.1, 0.15) is 5.76 Å². The van der Waals surface area contributed by atoms with E-state index in [0.29, 0.717) is 19.6 Å². The molecule has 2 aromatic carbocycles. The summed E-state index contributed by atoms with van der Waals surface area (Å²) in [6, 6.07) is 19.8. The number of carbonyl (C=O) groups excluding carboxylic acids is 1. The minimum Gasteiger partial charge on any atom is -0.464 e. The van der Waals surface area contributed by atoms with Crippen molar-refractivity contribution in [2.45, 2.75) is 13.1 Å². The third-order valence-corrected chi connectivity index (χ3v) is 6.73. The van der Waals surface area contributed by atoms with Crippen molar-refractivity contribution >= 4 is 5.91 Å². The highest BCUT2D eigenvalue weighted by atomic mass is 16.7. The molecule has 0 saturated carbocycles. The van der Waals surface area contributed by atoms with Crippen molar-refractivity contribution in [3.8, 4) is 28.5 Å². The number of ether oxygens (including phenoxy) is 2. The highest BCUT2D eigenvalue weighted by molar-refractivity contribution is 5.78. The van der Waals surface area contributed by atoms with Crippen molar-refractivity contribution < 1.29 is 18.7 Å². The summed E-state index contributed by atoms with van der Waals surface area (Å²) >= 11 is 0. The largest absolute Gasteiger partial charge is 0.464 e.